The maximum absolute atomic E-state index is 12.4. The Morgan fingerprint density at radius 1 is 1.16 bits per heavy atom. The zero-order valence-corrected chi connectivity index (χ0v) is 13.9. The van der Waals surface area contributed by atoms with Crippen LogP contribution in [0.3, 0.4) is 0 Å². The van der Waals surface area contributed by atoms with Crippen LogP contribution in [0.15, 0.2) is 35.4 Å². The fourth-order valence-corrected chi connectivity index (χ4v) is 2.33. The molecule has 25 heavy (non-hydrogen) atoms. The lowest BCUT2D eigenvalue weighted by Crippen LogP contribution is -2.26. The van der Waals surface area contributed by atoms with Crippen LogP contribution in [0.2, 0.25) is 0 Å². The molecular weight excluding hydrogens is 326 g/mol. The minimum atomic E-state index is -0.510. The highest BCUT2D eigenvalue weighted by molar-refractivity contribution is 5.72. The maximum atomic E-state index is 12.4. The molecule has 1 aromatic carbocycles. The van der Waals surface area contributed by atoms with Crippen molar-refractivity contribution in [2.45, 2.75) is 20.4 Å². The highest BCUT2D eigenvalue weighted by Crippen LogP contribution is 2.16. The van der Waals surface area contributed by atoms with Gasteiger partial charge < -0.3 is 9.47 Å². The van der Waals surface area contributed by atoms with Gasteiger partial charge in [0.2, 0.25) is 0 Å². The molecule has 0 saturated heterocycles. The van der Waals surface area contributed by atoms with E-state index in [0.29, 0.717) is 17.9 Å². The number of hydrogen-bond donors (Lipinski definition) is 0. The molecule has 0 saturated carbocycles. The van der Waals surface area contributed by atoms with Crippen LogP contribution >= 0.6 is 0 Å². The first-order chi connectivity index (χ1) is 12.1. The molecule has 0 unspecified atom stereocenters. The second-order valence-electron chi connectivity index (χ2n) is 5.08. The average Bonchev–Trinajstić information content (AvgIpc) is 3.03. The third kappa shape index (κ3) is 3.35. The van der Waals surface area contributed by atoms with Gasteiger partial charge in [0, 0.05) is 0 Å². The van der Waals surface area contributed by atoms with Gasteiger partial charge in [-0.1, -0.05) is 5.21 Å². The lowest BCUT2D eigenvalue weighted by atomic mass is 10.3. The summed E-state index contributed by atoms with van der Waals surface area (Å²) in [7, 11) is 0. The summed E-state index contributed by atoms with van der Waals surface area (Å²) in [5, 5.41) is 7.89. The van der Waals surface area contributed by atoms with Crippen LogP contribution < -0.4 is 10.3 Å². The summed E-state index contributed by atoms with van der Waals surface area (Å²) in [6.45, 7) is 4.21. The van der Waals surface area contributed by atoms with E-state index >= 15 is 0 Å². The van der Waals surface area contributed by atoms with Gasteiger partial charge >= 0.3 is 5.97 Å². The first kappa shape index (κ1) is 16.6. The topological polar surface area (TPSA) is 101 Å². The predicted octanol–water partition coefficient (Wildman–Crippen LogP) is 0.939. The van der Waals surface area contributed by atoms with Crippen LogP contribution in [0.1, 0.15) is 13.8 Å². The van der Waals surface area contributed by atoms with Gasteiger partial charge in [-0.3, -0.25) is 14.2 Å². The SMILES string of the molecule is CCOC(=O)Cn1cnc2c(nnn2-c2ccc(OCC)cc2)c1=O. The second kappa shape index (κ2) is 7.12. The molecular formula is C16H17N5O4. The summed E-state index contributed by atoms with van der Waals surface area (Å²) in [5.41, 5.74) is 0.645. The largest absolute Gasteiger partial charge is 0.494 e. The zero-order valence-electron chi connectivity index (χ0n) is 13.9. The van der Waals surface area contributed by atoms with Gasteiger partial charge in [-0.15, -0.1) is 5.10 Å². The monoisotopic (exact) mass is 343 g/mol. The van der Waals surface area contributed by atoms with Crippen molar-refractivity contribution < 1.29 is 14.3 Å². The number of ether oxygens (including phenoxy) is 2. The summed E-state index contributed by atoms with van der Waals surface area (Å²) < 4.78 is 12.8. The number of esters is 1. The second-order valence-corrected chi connectivity index (χ2v) is 5.08. The molecule has 0 fully saturated rings. The molecule has 0 aliphatic carbocycles. The van der Waals surface area contributed by atoms with E-state index in [-0.39, 0.29) is 18.7 Å². The van der Waals surface area contributed by atoms with Gasteiger partial charge in [-0.2, -0.15) is 4.68 Å². The first-order valence-electron chi connectivity index (χ1n) is 7.83. The fraction of sp³-hybridized carbons (Fsp3) is 0.312. The molecule has 0 aliphatic heterocycles. The Morgan fingerprint density at radius 2 is 1.92 bits per heavy atom. The number of hydrogen-bond acceptors (Lipinski definition) is 7. The van der Waals surface area contributed by atoms with Crippen molar-refractivity contribution in [2.24, 2.45) is 0 Å². The molecule has 0 N–H and O–H groups in total. The molecule has 0 amide bonds. The summed E-state index contributed by atoms with van der Waals surface area (Å²) >= 11 is 0. The van der Waals surface area contributed by atoms with E-state index in [1.807, 2.05) is 6.92 Å². The number of rotatable bonds is 6. The van der Waals surface area contributed by atoms with Crippen molar-refractivity contribution in [1.82, 2.24) is 24.5 Å². The number of carbonyl (C=O) groups is 1. The van der Waals surface area contributed by atoms with E-state index in [9.17, 15) is 9.59 Å². The first-order valence-corrected chi connectivity index (χ1v) is 7.83. The van der Waals surface area contributed by atoms with Gasteiger partial charge in [0.15, 0.2) is 11.2 Å². The Bertz CT molecular complexity index is 945. The molecule has 0 aliphatic rings. The third-order valence-corrected chi connectivity index (χ3v) is 3.43. The van der Waals surface area contributed by atoms with Crippen LogP contribution in [-0.4, -0.2) is 43.7 Å². The Morgan fingerprint density at radius 3 is 2.60 bits per heavy atom. The van der Waals surface area contributed by atoms with Gasteiger partial charge in [-0.25, -0.2) is 4.98 Å². The standard InChI is InChI=1S/C16H17N5O4/c1-3-24-12-7-5-11(6-8-12)21-15-14(18-19-21)16(23)20(10-17-15)9-13(22)25-4-2/h5-8,10H,3-4,9H2,1-2H3. The van der Waals surface area contributed by atoms with E-state index in [4.69, 9.17) is 9.47 Å². The van der Waals surface area contributed by atoms with Crippen molar-refractivity contribution in [3.63, 3.8) is 0 Å². The zero-order chi connectivity index (χ0) is 17.8. The number of carbonyl (C=O) groups excluding carboxylic acids is 1. The Balaban J connectivity index is 1.95. The number of fused-ring (bicyclic) bond motifs is 1. The predicted molar refractivity (Wildman–Crippen MR) is 88.7 cm³/mol. The smallest absolute Gasteiger partial charge is 0.326 e. The van der Waals surface area contributed by atoms with Crippen LogP contribution in [0, 0.1) is 0 Å². The number of aromatic nitrogens is 5. The Hall–Kier alpha value is -3.23. The molecule has 130 valence electrons. The molecule has 2 heterocycles. The van der Waals surface area contributed by atoms with E-state index in [1.165, 1.54) is 11.0 Å². The Labute approximate surface area is 142 Å². The number of benzene rings is 1. The van der Waals surface area contributed by atoms with E-state index in [0.717, 1.165) is 10.3 Å². The van der Waals surface area contributed by atoms with E-state index in [2.05, 4.69) is 15.3 Å². The van der Waals surface area contributed by atoms with Crippen LogP contribution in [0.5, 0.6) is 5.75 Å². The molecule has 0 radical (unpaired) electrons. The van der Waals surface area contributed by atoms with Crippen molar-refractivity contribution >= 4 is 17.1 Å². The summed E-state index contributed by atoms with van der Waals surface area (Å²) in [5.74, 6) is 0.227. The van der Waals surface area contributed by atoms with Crippen molar-refractivity contribution in [3.8, 4) is 11.4 Å². The molecule has 3 rings (SSSR count). The lowest BCUT2D eigenvalue weighted by Gasteiger charge is -2.06. The average molecular weight is 343 g/mol. The molecule has 3 aromatic rings. The summed E-state index contributed by atoms with van der Waals surface area (Å²) in [6.07, 6.45) is 1.29. The minimum Gasteiger partial charge on any atom is -0.494 e. The lowest BCUT2D eigenvalue weighted by molar-refractivity contribution is -0.143. The summed E-state index contributed by atoms with van der Waals surface area (Å²) in [4.78, 5) is 28.2. The molecule has 0 spiro atoms. The quantitative estimate of drug-likeness (QED) is 0.614. The van der Waals surface area contributed by atoms with Gasteiger partial charge in [-0.05, 0) is 38.1 Å². The minimum absolute atomic E-state index is 0.0840. The summed E-state index contributed by atoms with van der Waals surface area (Å²) in [6, 6.07) is 7.19. The van der Waals surface area contributed by atoms with Crippen LogP contribution in [-0.2, 0) is 16.1 Å². The van der Waals surface area contributed by atoms with Crippen LogP contribution in [0.4, 0.5) is 0 Å². The molecule has 9 nitrogen and oxygen atoms in total. The molecule has 2 aromatic heterocycles. The number of nitrogens with zero attached hydrogens (tertiary/aromatic N) is 5. The fourth-order valence-electron chi connectivity index (χ4n) is 2.33. The van der Waals surface area contributed by atoms with Gasteiger partial charge in [0.1, 0.15) is 18.6 Å². The molecule has 9 heteroatoms. The highest BCUT2D eigenvalue weighted by atomic mass is 16.5. The normalized spacial score (nSPS) is 10.8. The van der Waals surface area contributed by atoms with Crippen LogP contribution in [0.25, 0.3) is 16.9 Å². The van der Waals surface area contributed by atoms with E-state index < -0.39 is 11.5 Å². The van der Waals surface area contributed by atoms with E-state index in [1.54, 1.807) is 31.2 Å². The Kier molecular flexibility index (Phi) is 4.73. The maximum Gasteiger partial charge on any atom is 0.326 e. The molecule has 0 bridgehead atoms. The van der Waals surface area contributed by atoms with Gasteiger partial charge in [0.05, 0.1) is 18.9 Å². The van der Waals surface area contributed by atoms with Crippen molar-refractivity contribution in [2.75, 3.05) is 13.2 Å². The highest BCUT2D eigenvalue weighted by Gasteiger charge is 2.15. The van der Waals surface area contributed by atoms with Crippen molar-refractivity contribution in [3.05, 3.63) is 40.9 Å². The van der Waals surface area contributed by atoms with Crippen molar-refractivity contribution in [1.29, 1.82) is 0 Å². The van der Waals surface area contributed by atoms with Gasteiger partial charge in [0.25, 0.3) is 5.56 Å². The third-order valence-electron chi connectivity index (χ3n) is 3.43. The molecule has 0 atom stereocenters.